The third kappa shape index (κ3) is 2.65. The zero-order valence-corrected chi connectivity index (χ0v) is 12.1. The summed E-state index contributed by atoms with van der Waals surface area (Å²) in [6.45, 7) is 2.49. The molecule has 0 radical (unpaired) electrons. The largest absolute Gasteiger partial charge is 0.326 e. The van der Waals surface area contributed by atoms with Gasteiger partial charge in [-0.2, -0.15) is 0 Å². The van der Waals surface area contributed by atoms with Gasteiger partial charge in [-0.05, 0) is 41.8 Å². The van der Waals surface area contributed by atoms with Crippen LogP contribution in [0.3, 0.4) is 0 Å². The number of aryl methyl sites for hydroxylation is 1. The zero-order chi connectivity index (χ0) is 13.3. The Kier molecular flexibility index (Phi) is 4.18. The van der Waals surface area contributed by atoms with Crippen molar-refractivity contribution >= 4 is 34.8 Å². The Hall–Kier alpha value is -0.730. The zero-order valence-electron chi connectivity index (χ0n) is 9.81. The van der Waals surface area contributed by atoms with Crippen LogP contribution in [-0.4, -0.2) is 0 Å². The van der Waals surface area contributed by atoms with Crippen LogP contribution < -0.4 is 5.73 Å². The number of hydrogen-bond donors (Lipinski definition) is 1. The van der Waals surface area contributed by atoms with Crippen molar-refractivity contribution in [2.45, 2.75) is 13.5 Å². The van der Waals surface area contributed by atoms with E-state index in [1.165, 1.54) is 0 Å². The average Bonchev–Trinajstić information content (AvgIpc) is 2.30. The lowest BCUT2D eigenvalue weighted by molar-refractivity contribution is 1.07. The number of benzene rings is 2. The van der Waals surface area contributed by atoms with Gasteiger partial charge in [-0.3, -0.25) is 0 Å². The van der Waals surface area contributed by atoms with Crippen molar-refractivity contribution in [2.24, 2.45) is 5.73 Å². The molecule has 2 aromatic rings. The summed E-state index contributed by atoms with van der Waals surface area (Å²) in [5, 5.41) is 1.62. The fraction of sp³-hybridized carbons (Fsp3) is 0.143. The second-order valence-corrected chi connectivity index (χ2v) is 5.35. The van der Waals surface area contributed by atoms with Crippen molar-refractivity contribution < 1.29 is 0 Å². The molecule has 0 amide bonds. The number of hydrogen-bond acceptors (Lipinski definition) is 1. The Labute approximate surface area is 121 Å². The molecule has 2 N–H and O–H groups in total. The van der Waals surface area contributed by atoms with Crippen LogP contribution in [0.15, 0.2) is 30.3 Å². The van der Waals surface area contributed by atoms with Gasteiger partial charge < -0.3 is 5.73 Å². The van der Waals surface area contributed by atoms with E-state index in [2.05, 4.69) is 0 Å². The molecule has 0 bridgehead atoms. The first-order valence-electron chi connectivity index (χ1n) is 5.47. The Morgan fingerprint density at radius 1 is 1.00 bits per heavy atom. The van der Waals surface area contributed by atoms with E-state index in [9.17, 15) is 0 Å². The standard InChI is InChI=1S/C14H12Cl3N/c1-8-2-3-9(7-18)4-11(8)14-12(16)5-10(15)6-13(14)17/h2-6H,7,18H2,1H3. The highest BCUT2D eigenvalue weighted by Gasteiger charge is 2.12. The Balaban J connectivity index is 2.68. The first-order valence-corrected chi connectivity index (χ1v) is 6.61. The summed E-state index contributed by atoms with van der Waals surface area (Å²) in [5.74, 6) is 0. The highest BCUT2D eigenvalue weighted by Crippen LogP contribution is 2.38. The lowest BCUT2D eigenvalue weighted by Gasteiger charge is -2.12. The lowest BCUT2D eigenvalue weighted by Crippen LogP contribution is -1.97. The molecule has 94 valence electrons. The minimum atomic E-state index is 0.482. The predicted octanol–water partition coefficient (Wildman–Crippen LogP) is 5.08. The van der Waals surface area contributed by atoms with Crippen LogP contribution in [0.5, 0.6) is 0 Å². The van der Waals surface area contributed by atoms with Crippen molar-refractivity contribution in [1.82, 2.24) is 0 Å². The molecule has 2 aromatic carbocycles. The van der Waals surface area contributed by atoms with Gasteiger partial charge in [0, 0.05) is 17.1 Å². The molecule has 0 heterocycles. The topological polar surface area (TPSA) is 26.0 Å². The quantitative estimate of drug-likeness (QED) is 0.822. The number of halogens is 3. The number of rotatable bonds is 2. The van der Waals surface area contributed by atoms with Crippen LogP contribution in [0.4, 0.5) is 0 Å². The van der Waals surface area contributed by atoms with E-state index in [-0.39, 0.29) is 0 Å². The molecule has 0 spiro atoms. The summed E-state index contributed by atoms with van der Waals surface area (Å²) >= 11 is 18.4. The molecule has 0 unspecified atom stereocenters. The maximum Gasteiger partial charge on any atom is 0.0514 e. The normalized spacial score (nSPS) is 10.7. The molecule has 0 saturated carbocycles. The minimum Gasteiger partial charge on any atom is -0.326 e. The minimum absolute atomic E-state index is 0.482. The molecule has 0 aliphatic carbocycles. The van der Waals surface area contributed by atoms with Crippen LogP contribution in [0.2, 0.25) is 15.1 Å². The molecule has 0 aliphatic rings. The lowest BCUT2D eigenvalue weighted by atomic mass is 9.98. The van der Waals surface area contributed by atoms with Crippen LogP contribution in [0, 0.1) is 6.92 Å². The molecule has 0 fully saturated rings. The van der Waals surface area contributed by atoms with Gasteiger partial charge in [-0.1, -0.05) is 46.9 Å². The fourth-order valence-corrected chi connectivity index (χ4v) is 2.89. The summed E-state index contributed by atoms with van der Waals surface area (Å²) < 4.78 is 0. The van der Waals surface area contributed by atoms with E-state index in [0.29, 0.717) is 21.6 Å². The summed E-state index contributed by atoms with van der Waals surface area (Å²) in [5.41, 5.74) is 9.59. The first kappa shape index (κ1) is 13.7. The van der Waals surface area contributed by atoms with E-state index in [0.717, 1.165) is 22.3 Å². The molecule has 4 heteroatoms. The molecule has 0 aromatic heterocycles. The predicted molar refractivity (Wildman–Crippen MR) is 79.5 cm³/mol. The van der Waals surface area contributed by atoms with E-state index in [1.54, 1.807) is 12.1 Å². The SMILES string of the molecule is Cc1ccc(CN)cc1-c1c(Cl)cc(Cl)cc1Cl. The van der Waals surface area contributed by atoms with Gasteiger partial charge in [0.2, 0.25) is 0 Å². The fourth-order valence-electron chi connectivity index (χ4n) is 1.86. The summed E-state index contributed by atoms with van der Waals surface area (Å²) in [6.07, 6.45) is 0. The summed E-state index contributed by atoms with van der Waals surface area (Å²) in [7, 11) is 0. The second kappa shape index (κ2) is 5.50. The molecule has 0 atom stereocenters. The van der Waals surface area contributed by atoms with Crippen molar-refractivity contribution in [3.8, 4) is 11.1 Å². The highest BCUT2D eigenvalue weighted by molar-refractivity contribution is 6.41. The molecular weight excluding hydrogens is 289 g/mol. The van der Waals surface area contributed by atoms with Crippen molar-refractivity contribution in [1.29, 1.82) is 0 Å². The van der Waals surface area contributed by atoms with Crippen LogP contribution in [0.25, 0.3) is 11.1 Å². The molecule has 0 saturated heterocycles. The molecule has 0 aliphatic heterocycles. The van der Waals surface area contributed by atoms with Crippen LogP contribution >= 0.6 is 34.8 Å². The Bertz CT molecular complexity index is 571. The van der Waals surface area contributed by atoms with Gasteiger partial charge in [0.25, 0.3) is 0 Å². The van der Waals surface area contributed by atoms with Gasteiger partial charge in [0.05, 0.1) is 10.0 Å². The van der Waals surface area contributed by atoms with Crippen molar-refractivity contribution in [2.75, 3.05) is 0 Å². The number of nitrogens with two attached hydrogens (primary N) is 1. The Morgan fingerprint density at radius 2 is 1.61 bits per heavy atom. The van der Waals surface area contributed by atoms with Gasteiger partial charge in [0.15, 0.2) is 0 Å². The van der Waals surface area contributed by atoms with Crippen LogP contribution in [-0.2, 0) is 6.54 Å². The van der Waals surface area contributed by atoms with E-state index in [4.69, 9.17) is 40.5 Å². The van der Waals surface area contributed by atoms with Crippen molar-refractivity contribution in [3.05, 3.63) is 56.5 Å². The second-order valence-electron chi connectivity index (χ2n) is 4.10. The van der Waals surface area contributed by atoms with Crippen molar-refractivity contribution in [3.63, 3.8) is 0 Å². The van der Waals surface area contributed by atoms with Gasteiger partial charge in [-0.15, -0.1) is 0 Å². The summed E-state index contributed by atoms with van der Waals surface area (Å²) in [6, 6.07) is 9.41. The van der Waals surface area contributed by atoms with E-state index >= 15 is 0 Å². The molecule has 18 heavy (non-hydrogen) atoms. The molecule has 2 rings (SSSR count). The molecular formula is C14H12Cl3N. The third-order valence-corrected chi connectivity index (χ3v) is 3.63. The van der Waals surface area contributed by atoms with Gasteiger partial charge in [-0.25, -0.2) is 0 Å². The highest BCUT2D eigenvalue weighted by atomic mass is 35.5. The third-order valence-electron chi connectivity index (χ3n) is 2.81. The Morgan fingerprint density at radius 3 is 2.17 bits per heavy atom. The van der Waals surface area contributed by atoms with E-state index < -0.39 is 0 Å². The van der Waals surface area contributed by atoms with E-state index in [1.807, 2.05) is 25.1 Å². The smallest absolute Gasteiger partial charge is 0.0514 e. The maximum atomic E-state index is 6.24. The maximum absolute atomic E-state index is 6.24. The van der Waals surface area contributed by atoms with Gasteiger partial charge in [0.1, 0.15) is 0 Å². The first-order chi connectivity index (χ1) is 8.52. The van der Waals surface area contributed by atoms with Crippen LogP contribution in [0.1, 0.15) is 11.1 Å². The molecule has 1 nitrogen and oxygen atoms in total. The average molecular weight is 301 g/mol. The summed E-state index contributed by atoms with van der Waals surface area (Å²) in [4.78, 5) is 0. The monoisotopic (exact) mass is 299 g/mol. The van der Waals surface area contributed by atoms with Gasteiger partial charge >= 0.3 is 0 Å².